The van der Waals surface area contributed by atoms with Gasteiger partial charge in [-0.3, -0.25) is 4.98 Å². The molecule has 0 radical (unpaired) electrons. The van der Waals surface area contributed by atoms with E-state index in [1.807, 2.05) is 6.92 Å². The fraction of sp³-hybridized carbons (Fsp3) is 0.643. The van der Waals surface area contributed by atoms with Crippen LogP contribution in [0.25, 0.3) is 0 Å². The second-order valence-corrected chi connectivity index (χ2v) is 7.74. The Balaban J connectivity index is 2.81. The third-order valence-corrected chi connectivity index (χ3v) is 4.30. The molecular formula is C14H25N3O2S. The summed E-state index contributed by atoms with van der Waals surface area (Å²) in [5.41, 5.74) is 0.700. The van der Waals surface area contributed by atoms with Crippen molar-refractivity contribution >= 4 is 15.7 Å². The number of hydrogen-bond acceptors (Lipinski definition) is 4. The van der Waals surface area contributed by atoms with E-state index in [9.17, 15) is 8.42 Å². The molecule has 0 aromatic carbocycles. The highest BCUT2D eigenvalue weighted by Crippen LogP contribution is 2.21. The van der Waals surface area contributed by atoms with Gasteiger partial charge in [0.2, 0.25) is 10.0 Å². The van der Waals surface area contributed by atoms with E-state index >= 15 is 0 Å². The van der Waals surface area contributed by atoms with Gasteiger partial charge in [0, 0.05) is 25.5 Å². The Morgan fingerprint density at radius 3 is 2.55 bits per heavy atom. The Morgan fingerprint density at radius 1 is 1.25 bits per heavy atom. The summed E-state index contributed by atoms with van der Waals surface area (Å²) in [4.78, 5) is 4.13. The number of anilines is 1. The standard InChI is InChI=1S/C14H25N3O2S/c1-5-8-16-12-6-9-15-11-13(12)20(18,19)17-10-7-14(2,3)4/h6,9,11,17H,5,7-8,10H2,1-4H3,(H,15,16). The molecule has 1 rings (SSSR count). The third-order valence-electron chi connectivity index (χ3n) is 2.81. The van der Waals surface area contributed by atoms with Crippen LogP contribution < -0.4 is 10.0 Å². The molecule has 20 heavy (non-hydrogen) atoms. The van der Waals surface area contributed by atoms with Gasteiger partial charge in [-0.2, -0.15) is 0 Å². The molecule has 0 spiro atoms. The summed E-state index contributed by atoms with van der Waals surface area (Å²) >= 11 is 0. The summed E-state index contributed by atoms with van der Waals surface area (Å²) in [5, 5.41) is 3.12. The minimum atomic E-state index is -3.52. The highest BCUT2D eigenvalue weighted by atomic mass is 32.2. The fourth-order valence-electron chi connectivity index (χ4n) is 1.64. The van der Waals surface area contributed by atoms with Crippen molar-refractivity contribution in [1.29, 1.82) is 0 Å². The minimum Gasteiger partial charge on any atom is -0.384 e. The Labute approximate surface area is 122 Å². The Bertz CT molecular complexity index is 521. The van der Waals surface area contributed by atoms with E-state index in [4.69, 9.17) is 0 Å². The molecule has 0 saturated heterocycles. The van der Waals surface area contributed by atoms with Crippen molar-refractivity contribution in [2.45, 2.75) is 45.4 Å². The predicted octanol–water partition coefficient (Wildman–Crippen LogP) is 2.62. The maximum absolute atomic E-state index is 12.3. The molecule has 0 bridgehead atoms. The van der Waals surface area contributed by atoms with E-state index in [0.29, 0.717) is 12.2 Å². The van der Waals surface area contributed by atoms with Crippen LogP contribution in [0, 0.1) is 5.41 Å². The molecule has 1 aromatic heterocycles. The summed E-state index contributed by atoms with van der Waals surface area (Å²) in [7, 11) is -3.52. The average Bonchev–Trinajstić information content (AvgIpc) is 2.34. The molecule has 1 aromatic rings. The molecule has 0 aliphatic heterocycles. The Kier molecular flexibility index (Phi) is 5.95. The second kappa shape index (κ2) is 7.04. The molecular weight excluding hydrogens is 274 g/mol. The first-order chi connectivity index (χ1) is 9.26. The SMILES string of the molecule is CCCNc1ccncc1S(=O)(=O)NCCC(C)(C)C. The molecule has 0 saturated carbocycles. The number of rotatable bonds is 7. The van der Waals surface area contributed by atoms with Gasteiger partial charge in [0.1, 0.15) is 4.90 Å². The number of aromatic nitrogens is 1. The van der Waals surface area contributed by atoms with E-state index in [2.05, 4.69) is 35.8 Å². The smallest absolute Gasteiger partial charge is 0.244 e. The molecule has 0 unspecified atom stereocenters. The summed E-state index contributed by atoms with van der Waals surface area (Å²) in [5.74, 6) is 0. The van der Waals surface area contributed by atoms with Gasteiger partial charge in [0.25, 0.3) is 0 Å². The molecule has 0 aliphatic carbocycles. The largest absolute Gasteiger partial charge is 0.384 e. The highest BCUT2D eigenvalue weighted by Gasteiger charge is 2.19. The zero-order valence-electron chi connectivity index (χ0n) is 12.7. The molecule has 2 N–H and O–H groups in total. The van der Waals surface area contributed by atoms with Gasteiger partial charge in [-0.05, 0) is 24.3 Å². The summed E-state index contributed by atoms with van der Waals surface area (Å²) in [6.07, 6.45) is 4.69. The molecule has 5 nitrogen and oxygen atoms in total. The fourth-order valence-corrected chi connectivity index (χ4v) is 2.79. The first kappa shape index (κ1) is 16.9. The van der Waals surface area contributed by atoms with Crippen LogP contribution in [-0.2, 0) is 10.0 Å². The van der Waals surface area contributed by atoms with Crippen LogP contribution in [0.3, 0.4) is 0 Å². The van der Waals surface area contributed by atoms with Crippen molar-refractivity contribution in [1.82, 2.24) is 9.71 Å². The normalized spacial score (nSPS) is 12.4. The molecule has 0 atom stereocenters. The number of pyridine rings is 1. The van der Waals surface area contributed by atoms with Gasteiger partial charge < -0.3 is 5.32 Å². The van der Waals surface area contributed by atoms with Crippen molar-refractivity contribution in [3.63, 3.8) is 0 Å². The molecule has 6 heteroatoms. The van der Waals surface area contributed by atoms with Crippen LogP contribution in [-0.4, -0.2) is 26.5 Å². The topological polar surface area (TPSA) is 71.1 Å². The minimum absolute atomic E-state index is 0.0980. The van der Waals surface area contributed by atoms with Crippen molar-refractivity contribution in [2.75, 3.05) is 18.4 Å². The predicted molar refractivity (Wildman–Crippen MR) is 82.3 cm³/mol. The summed E-state index contributed by atoms with van der Waals surface area (Å²) in [6, 6.07) is 1.69. The second-order valence-electron chi connectivity index (χ2n) is 6.01. The van der Waals surface area contributed by atoms with Crippen molar-refractivity contribution in [3.05, 3.63) is 18.5 Å². The maximum atomic E-state index is 12.3. The van der Waals surface area contributed by atoms with Crippen molar-refractivity contribution in [2.24, 2.45) is 5.41 Å². The zero-order valence-corrected chi connectivity index (χ0v) is 13.5. The number of sulfonamides is 1. The van der Waals surface area contributed by atoms with E-state index < -0.39 is 10.0 Å². The maximum Gasteiger partial charge on any atom is 0.244 e. The lowest BCUT2D eigenvalue weighted by Crippen LogP contribution is -2.28. The molecule has 0 amide bonds. The molecule has 0 fully saturated rings. The quantitative estimate of drug-likeness (QED) is 0.812. The number of hydrogen-bond donors (Lipinski definition) is 2. The van der Waals surface area contributed by atoms with Crippen LogP contribution >= 0.6 is 0 Å². The Morgan fingerprint density at radius 2 is 1.95 bits per heavy atom. The summed E-state index contributed by atoms with van der Waals surface area (Å²) < 4.78 is 27.3. The van der Waals surface area contributed by atoms with E-state index in [1.54, 1.807) is 12.3 Å². The third kappa shape index (κ3) is 5.46. The molecule has 114 valence electrons. The van der Waals surface area contributed by atoms with Gasteiger partial charge in [0.05, 0.1) is 5.69 Å². The van der Waals surface area contributed by atoms with Crippen LogP contribution in [0.1, 0.15) is 40.5 Å². The van der Waals surface area contributed by atoms with Crippen LogP contribution in [0.15, 0.2) is 23.4 Å². The van der Waals surface area contributed by atoms with Gasteiger partial charge in [-0.25, -0.2) is 13.1 Å². The van der Waals surface area contributed by atoms with E-state index in [1.165, 1.54) is 6.20 Å². The van der Waals surface area contributed by atoms with Crippen LogP contribution in [0.2, 0.25) is 0 Å². The number of nitrogens with one attached hydrogen (secondary N) is 2. The highest BCUT2D eigenvalue weighted by molar-refractivity contribution is 7.89. The zero-order chi connectivity index (χ0) is 15.2. The van der Waals surface area contributed by atoms with Gasteiger partial charge in [-0.1, -0.05) is 27.7 Å². The lowest BCUT2D eigenvalue weighted by molar-refractivity contribution is 0.378. The Hall–Kier alpha value is -1.14. The summed E-state index contributed by atoms with van der Waals surface area (Å²) in [6.45, 7) is 9.44. The number of nitrogens with zero attached hydrogens (tertiary/aromatic N) is 1. The van der Waals surface area contributed by atoms with E-state index in [0.717, 1.165) is 19.4 Å². The van der Waals surface area contributed by atoms with Crippen LogP contribution in [0.4, 0.5) is 5.69 Å². The van der Waals surface area contributed by atoms with Gasteiger partial charge in [0.15, 0.2) is 0 Å². The van der Waals surface area contributed by atoms with Gasteiger partial charge in [-0.15, -0.1) is 0 Å². The van der Waals surface area contributed by atoms with Crippen molar-refractivity contribution in [3.8, 4) is 0 Å². The first-order valence-electron chi connectivity index (χ1n) is 6.94. The van der Waals surface area contributed by atoms with Gasteiger partial charge >= 0.3 is 0 Å². The monoisotopic (exact) mass is 299 g/mol. The lowest BCUT2D eigenvalue weighted by Gasteiger charge is -2.18. The molecule has 0 aliphatic rings. The average molecular weight is 299 g/mol. The first-order valence-corrected chi connectivity index (χ1v) is 8.42. The van der Waals surface area contributed by atoms with E-state index in [-0.39, 0.29) is 10.3 Å². The van der Waals surface area contributed by atoms with Crippen LogP contribution in [0.5, 0.6) is 0 Å². The lowest BCUT2D eigenvalue weighted by atomic mass is 9.93. The van der Waals surface area contributed by atoms with Crippen molar-refractivity contribution < 1.29 is 8.42 Å². The molecule has 1 heterocycles.